The molecule has 1 saturated heterocycles. The lowest BCUT2D eigenvalue weighted by Gasteiger charge is -2.27. The molecule has 2 unspecified atom stereocenters. The Morgan fingerprint density at radius 3 is 2.84 bits per heavy atom. The molecule has 1 aromatic rings. The molecule has 2 rings (SSSR count). The van der Waals surface area contributed by atoms with E-state index in [0.717, 1.165) is 6.42 Å². The molecule has 0 aliphatic carbocycles. The summed E-state index contributed by atoms with van der Waals surface area (Å²) in [6.45, 7) is 2.62. The van der Waals surface area contributed by atoms with Crippen LogP contribution in [-0.4, -0.2) is 47.7 Å². The minimum absolute atomic E-state index is 0.0256. The van der Waals surface area contributed by atoms with Crippen LogP contribution >= 0.6 is 0 Å². The zero-order chi connectivity index (χ0) is 14.0. The molecule has 1 N–H and O–H groups in total. The average Bonchev–Trinajstić information content (AvgIpc) is 2.83. The Kier molecular flexibility index (Phi) is 3.79. The van der Waals surface area contributed by atoms with Crippen LogP contribution in [0.5, 0.6) is 0 Å². The second kappa shape index (κ2) is 5.35. The fraction of sp³-hybridized carbons (Fsp3) is 0.636. The van der Waals surface area contributed by atoms with Gasteiger partial charge in [0.25, 0.3) is 0 Å². The highest BCUT2D eigenvalue weighted by molar-refractivity contribution is 5.70. The van der Waals surface area contributed by atoms with E-state index in [-0.39, 0.29) is 23.7 Å². The SMILES string of the molecule is CNc1ncnc(N(C)C2CCOC2C)c1[N+](=O)[O-]. The number of anilines is 2. The van der Waals surface area contributed by atoms with Gasteiger partial charge in [-0.2, -0.15) is 0 Å². The first-order chi connectivity index (χ1) is 9.06. The Bertz CT molecular complexity index is 481. The molecule has 0 radical (unpaired) electrons. The molecule has 19 heavy (non-hydrogen) atoms. The zero-order valence-electron chi connectivity index (χ0n) is 11.2. The third-order valence-electron chi connectivity index (χ3n) is 3.39. The lowest BCUT2D eigenvalue weighted by Crippen LogP contribution is -2.37. The molecule has 8 heteroatoms. The second-order valence-electron chi connectivity index (χ2n) is 4.44. The zero-order valence-corrected chi connectivity index (χ0v) is 11.2. The maximum absolute atomic E-state index is 11.2. The highest BCUT2D eigenvalue weighted by Gasteiger charge is 2.33. The van der Waals surface area contributed by atoms with Gasteiger partial charge in [0, 0.05) is 20.7 Å². The van der Waals surface area contributed by atoms with Crippen molar-refractivity contribution in [2.45, 2.75) is 25.5 Å². The monoisotopic (exact) mass is 267 g/mol. The van der Waals surface area contributed by atoms with Crippen molar-refractivity contribution in [3.8, 4) is 0 Å². The summed E-state index contributed by atoms with van der Waals surface area (Å²) >= 11 is 0. The lowest BCUT2D eigenvalue weighted by atomic mass is 10.1. The Morgan fingerprint density at radius 2 is 2.32 bits per heavy atom. The van der Waals surface area contributed by atoms with E-state index >= 15 is 0 Å². The van der Waals surface area contributed by atoms with Crippen LogP contribution in [0.25, 0.3) is 0 Å². The minimum Gasteiger partial charge on any atom is -0.376 e. The smallest absolute Gasteiger partial charge is 0.353 e. The van der Waals surface area contributed by atoms with E-state index in [1.54, 1.807) is 19.0 Å². The molecule has 0 bridgehead atoms. The highest BCUT2D eigenvalue weighted by Crippen LogP contribution is 2.33. The van der Waals surface area contributed by atoms with Crippen LogP contribution in [0.1, 0.15) is 13.3 Å². The van der Waals surface area contributed by atoms with Gasteiger partial charge in [-0.15, -0.1) is 0 Å². The number of aromatic nitrogens is 2. The van der Waals surface area contributed by atoms with Crippen molar-refractivity contribution < 1.29 is 9.66 Å². The summed E-state index contributed by atoms with van der Waals surface area (Å²) < 4.78 is 5.49. The number of rotatable bonds is 4. The molecule has 104 valence electrons. The van der Waals surface area contributed by atoms with Crippen molar-refractivity contribution in [2.75, 3.05) is 30.9 Å². The fourth-order valence-electron chi connectivity index (χ4n) is 2.36. The normalized spacial score (nSPS) is 22.3. The maximum Gasteiger partial charge on any atom is 0.353 e. The van der Waals surface area contributed by atoms with E-state index in [2.05, 4.69) is 15.3 Å². The summed E-state index contributed by atoms with van der Waals surface area (Å²) in [6, 6.07) is 0.0818. The summed E-state index contributed by atoms with van der Waals surface area (Å²) in [6.07, 6.45) is 2.18. The summed E-state index contributed by atoms with van der Waals surface area (Å²) in [5.41, 5.74) is -0.105. The highest BCUT2D eigenvalue weighted by atomic mass is 16.6. The number of likely N-dealkylation sites (N-methyl/N-ethyl adjacent to an activating group) is 1. The van der Waals surface area contributed by atoms with Gasteiger partial charge in [0.15, 0.2) is 0 Å². The summed E-state index contributed by atoms with van der Waals surface area (Å²) in [5.74, 6) is 0.528. The third kappa shape index (κ3) is 2.43. The first-order valence-corrected chi connectivity index (χ1v) is 6.07. The molecule has 1 fully saturated rings. The number of nitro groups is 1. The summed E-state index contributed by atoms with van der Waals surface area (Å²) in [7, 11) is 3.39. The maximum atomic E-state index is 11.2. The van der Waals surface area contributed by atoms with Crippen LogP contribution < -0.4 is 10.2 Å². The van der Waals surface area contributed by atoms with Gasteiger partial charge in [0.1, 0.15) is 6.33 Å². The van der Waals surface area contributed by atoms with Crippen molar-refractivity contribution in [1.82, 2.24) is 9.97 Å². The Morgan fingerprint density at radius 1 is 1.58 bits per heavy atom. The van der Waals surface area contributed by atoms with Gasteiger partial charge in [-0.05, 0) is 13.3 Å². The molecule has 0 amide bonds. The molecule has 1 aliphatic heterocycles. The van der Waals surface area contributed by atoms with Crippen molar-refractivity contribution in [3.63, 3.8) is 0 Å². The number of hydrogen-bond donors (Lipinski definition) is 1. The van der Waals surface area contributed by atoms with Gasteiger partial charge in [0.2, 0.25) is 11.6 Å². The van der Waals surface area contributed by atoms with E-state index in [1.807, 2.05) is 6.92 Å². The average molecular weight is 267 g/mol. The third-order valence-corrected chi connectivity index (χ3v) is 3.39. The van der Waals surface area contributed by atoms with Gasteiger partial charge in [-0.1, -0.05) is 0 Å². The van der Waals surface area contributed by atoms with E-state index in [0.29, 0.717) is 12.4 Å². The standard InChI is InChI=1S/C11H17N5O3/c1-7-8(4-5-19-7)15(3)11-9(16(17)18)10(12-2)13-6-14-11/h6-8H,4-5H2,1-3H3,(H,12,13,14). The van der Waals surface area contributed by atoms with Crippen molar-refractivity contribution >= 4 is 17.3 Å². The Balaban J connectivity index is 2.41. The van der Waals surface area contributed by atoms with Crippen LogP contribution in [0, 0.1) is 10.1 Å². The minimum atomic E-state index is -0.460. The van der Waals surface area contributed by atoms with Crippen LogP contribution in [0.2, 0.25) is 0 Å². The number of hydrogen-bond acceptors (Lipinski definition) is 7. The van der Waals surface area contributed by atoms with Crippen LogP contribution in [0.15, 0.2) is 6.33 Å². The quantitative estimate of drug-likeness (QED) is 0.643. The van der Waals surface area contributed by atoms with Gasteiger partial charge >= 0.3 is 5.69 Å². The molecule has 0 saturated carbocycles. The molecular weight excluding hydrogens is 250 g/mol. The molecule has 0 aromatic carbocycles. The number of nitrogens with zero attached hydrogens (tertiary/aromatic N) is 4. The molecule has 0 spiro atoms. The molecular formula is C11H17N5O3. The molecule has 2 atom stereocenters. The number of ether oxygens (including phenoxy) is 1. The van der Waals surface area contributed by atoms with Gasteiger partial charge in [-0.25, -0.2) is 9.97 Å². The molecule has 8 nitrogen and oxygen atoms in total. The van der Waals surface area contributed by atoms with Gasteiger partial charge in [0.05, 0.1) is 17.1 Å². The van der Waals surface area contributed by atoms with Crippen LogP contribution in [0.4, 0.5) is 17.3 Å². The largest absolute Gasteiger partial charge is 0.376 e. The Hall–Kier alpha value is -1.96. The van der Waals surface area contributed by atoms with E-state index in [1.165, 1.54) is 6.33 Å². The second-order valence-corrected chi connectivity index (χ2v) is 4.44. The van der Waals surface area contributed by atoms with E-state index < -0.39 is 4.92 Å². The van der Waals surface area contributed by atoms with Gasteiger partial charge < -0.3 is 15.0 Å². The Labute approximate surface area is 110 Å². The van der Waals surface area contributed by atoms with Crippen molar-refractivity contribution in [3.05, 3.63) is 16.4 Å². The first kappa shape index (κ1) is 13.5. The number of nitrogens with one attached hydrogen (secondary N) is 1. The van der Waals surface area contributed by atoms with E-state index in [4.69, 9.17) is 4.74 Å². The lowest BCUT2D eigenvalue weighted by molar-refractivity contribution is -0.383. The fourth-order valence-corrected chi connectivity index (χ4v) is 2.36. The summed E-state index contributed by atoms with van der Waals surface area (Å²) in [4.78, 5) is 20.5. The first-order valence-electron chi connectivity index (χ1n) is 6.07. The summed E-state index contributed by atoms with van der Waals surface area (Å²) in [5, 5.41) is 14.0. The van der Waals surface area contributed by atoms with Crippen LogP contribution in [-0.2, 0) is 4.74 Å². The van der Waals surface area contributed by atoms with Crippen molar-refractivity contribution in [2.24, 2.45) is 0 Å². The molecule has 1 aromatic heterocycles. The van der Waals surface area contributed by atoms with Crippen LogP contribution in [0.3, 0.4) is 0 Å². The predicted molar refractivity (Wildman–Crippen MR) is 70.5 cm³/mol. The topological polar surface area (TPSA) is 93.4 Å². The van der Waals surface area contributed by atoms with Gasteiger partial charge in [-0.3, -0.25) is 10.1 Å². The molecule has 2 heterocycles. The van der Waals surface area contributed by atoms with E-state index in [9.17, 15) is 10.1 Å². The van der Waals surface area contributed by atoms with Crippen molar-refractivity contribution in [1.29, 1.82) is 0 Å². The molecule has 1 aliphatic rings. The predicted octanol–water partition coefficient (Wildman–Crippen LogP) is 1.04.